The first-order valence-corrected chi connectivity index (χ1v) is 7.49. The Bertz CT molecular complexity index is 433. The molecule has 0 spiro atoms. The summed E-state index contributed by atoms with van der Waals surface area (Å²) in [5.74, 6) is 0.593. The smallest absolute Gasteiger partial charge is 0.142 e. The molecule has 1 unspecified atom stereocenters. The zero-order chi connectivity index (χ0) is 13.9. The topological polar surface area (TPSA) is 30.0 Å². The minimum atomic E-state index is 0.165. The Morgan fingerprint density at radius 2 is 2.16 bits per heavy atom. The third kappa shape index (κ3) is 3.43. The fourth-order valence-electron chi connectivity index (χ4n) is 3.16. The Morgan fingerprint density at radius 1 is 1.37 bits per heavy atom. The van der Waals surface area contributed by atoms with E-state index in [-0.39, 0.29) is 11.3 Å². The Balaban J connectivity index is 2.03. The number of pyridine rings is 1. The molecule has 0 radical (unpaired) electrons. The summed E-state index contributed by atoms with van der Waals surface area (Å²) in [6.07, 6.45) is 8.08. The van der Waals surface area contributed by atoms with Gasteiger partial charge in [0.05, 0.1) is 0 Å². The van der Waals surface area contributed by atoms with Gasteiger partial charge in [-0.2, -0.15) is 0 Å². The molecule has 1 atom stereocenters. The minimum absolute atomic E-state index is 0.165. The summed E-state index contributed by atoms with van der Waals surface area (Å²) in [5.41, 5.74) is 2.32. The van der Waals surface area contributed by atoms with Gasteiger partial charge < -0.3 is 0 Å². The number of carbonyl (C=O) groups is 1. The number of ketones is 1. The fraction of sp³-hybridized carbons (Fsp3) is 0.647. The Labute approximate surface area is 116 Å². The van der Waals surface area contributed by atoms with Crippen LogP contribution in [-0.2, 0) is 17.6 Å². The van der Waals surface area contributed by atoms with E-state index in [0.29, 0.717) is 12.2 Å². The lowest BCUT2D eigenvalue weighted by Crippen LogP contribution is -2.35. The third-order valence-corrected chi connectivity index (χ3v) is 4.55. The molecule has 1 saturated carbocycles. The van der Waals surface area contributed by atoms with Crippen LogP contribution in [0, 0.1) is 11.3 Å². The number of aryl methyl sites for hydroxylation is 1. The summed E-state index contributed by atoms with van der Waals surface area (Å²) >= 11 is 0. The molecule has 0 N–H and O–H groups in total. The van der Waals surface area contributed by atoms with Crippen LogP contribution in [0.25, 0.3) is 0 Å². The minimum Gasteiger partial charge on any atom is -0.299 e. The van der Waals surface area contributed by atoms with E-state index < -0.39 is 0 Å². The molecule has 0 saturated heterocycles. The van der Waals surface area contributed by atoms with Gasteiger partial charge in [0.2, 0.25) is 0 Å². The second-order valence-corrected chi connectivity index (χ2v) is 6.44. The molecule has 1 aliphatic rings. The van der Waals surface area contributed by atoms with Crippen LogP contribution < -0.4 is 0 Å². The van der Waals surface area contributed by atoms with E-state index in [9.17, 15) is 4.79 Å². The molecule has 0 aromatic carbocycles. The van der Waals surface area contributed by atoms with Gasteiger partial charge in [0, 0.05) is 24.2 Å². The molecule has 1 aliphatic carbocycles. The molecular weight excluding hydrogens is 234 g/mol. The quantitative estimate of drug-likeness (QED) is 0.819. The van der Waals surface area contributed by atoms with E-state index >= 15 is 0 Å². The van der Waals surface area contributed by atoms with Gasteiger partial charge in [0.25, 0.3) is 0 Å². The summed E-state index contributed by atoms with van der Waals surface area (Å²) in [4.78, 5) is 16.9. The van der Waals surface area contributed by atoms with Crippen molar-refractivity contribution in [3.63, 3.8) is 0 Å². The number of aromatic nitrogens is 1. The Morgan fingerprint density at radius 3 is 2.74 bits per heavy atom. The van der Waals surface area contributed by atoms with Crippen LogP contribution in [0.5, 0.6) is 0 Å². The van der Waals surface area contributed by atoms with Crippen LogP contribution >= 0.6 is 0 Å². The highest BCUT2D eigenvalue weighted by molar-refractivity contribution is 5.83. The molecule has 1 fully saturated rings. The van der Waals surface area contributed by atoms with Crippen molar-refractivity contribution in [1.29, 1.82) is 0 Å². The second-order valence-electron chi connectivity index (χ2n) is 6.44. The largest absolute Gasteiger partial charge is 0.299 e. The van der Waals surface area contributed by atoms with Gasteiger partial charge >= 0.3 is 0 Å². The molecular formula is C17H25NO. The van der Waals surface area contributed by atoms with Gasteiger partial charge in [0.1, 0.15) is 5.78 Å². The maximum Gasteiger partial charge on any atom is 0.142 e. The Kier molecular flexibility index (Phi) is 4.38. The monoisotopic (exact) mass is 259 g/mol. The van der Waals surface area contributed by atoms with E-state index in [0.717, 1.165) is 18.5 Å². The standard InChI is InChI=1S/C17H25NO/c1-4-13-8-9-14(18-12-13)11-16(19)15-7-5-6-10-17(15,2)3/h8-9,12,15H,4-7,10-11H2,1-3H3. The van der Waals surface area contributed by atoms with Gasteiger partial charge in [-0.15, -0.1) is 0 Å². The van der Waals surface area contributed by atoms with Crippen molar-refractivity contribution in [2.45, 2.75) is 59.3 Å². The van der Waals surface area contributed by atoms with Crippen molar-refractivity contribution >= 4 is 5.78 Å². The van der Waals surface area contributed by atoms with Crippen molar-refractivity contribution < 1.29 is 4.79 Å². The molecule has 2 nitrogen and oxygen atoms in total. The summed E-state index contributed by atoms with van der Waals surface area (Å²) < 4.78 is 0. The van der Waals surface area contributed by atoms with Crippen LogP contribution in [-0.4, -0.2) is 10.8 Å². The third-order valence-electron chi connectivity index (χ3n) is 4.55. The summed E-state index contributed by atoms with van der Waals surface area (Å²) in [5, 5.41) is 0. The van der Waals surface area contributed by atoms with Crippen molar-refractivity contribution in [2.24, 2.45) is 11.3 Å². The number of Topliss-reactive ketones (excluding diaryl/α,β-unsaturated/α-hetero) is 1. The van der Waals surface area contributed by atoms with E-state index in [1.807, 2.05) is 12.3 Å². The molecule has 1 aromatic heterocycles. The summed E-state index contributed by atoms with van der Waals surface area (Å²) in [7, 11) is 0. The van der Waals surface area contributed by atoms with Crippen molar-refractivity contribution in [3.05, 3.63) is 29.6 Å². The zero-order valence-electron chi connectivity index (χ0n) is 12.4. The first kappa shape index (κ1) is 14.2. The molecule has 0 aliphatic heterocycles. The van der Waals surface area contributed by atoms with Gasteiger partial charge in [-0.3, -0.25) is 9.78 Å². The summed E-state index contributed by atoms with van der Waals surface area (Å²) in [6.45, 7) is 6.59. The predicted octanol–water partition coefficient (Wildman–Crippen LogP) is 3.97. The average Bonchev–Trinajstić information content (AvgIpc) is 2.39. The van der Waals surface area contributed by atoms with E-state index in [4.69, 9.17) is 0 Å². The van der Waals surface area contributed by atoms with Gasteiger partial charge in [-0.25, -0.2) is 0 Å². The predicted molar refractivity (Wildman–Crippen MR) is 78.1 cm³/mol. The second kappa shape index (κ2) is 5.85. The van der Waals surface area contributed by atoms with Crippen molar-refractivity contribution in [1.82, 2.24) is 4.98 Å². The van der Waals surface area contributed by atoms with Crippen LogP contribution in [0.1, 0.15) is 57.7 Å². The SMILES string of the molecule is CCc1ccc(CC(=O)C2CCCCC2(C)C)nc1. The van der Waals surface area contributed by atoms with Crippen LogP contribution in [0.4, 0.5) is 0 Å². The number of nitrogens with zero attached hydrogens (tertiary/aromatic N) is 1. The van der Waals surface area contributed by atoms with E-state index in [2.05, 4.69) is 31.8 Å². The van der Waals surface area contributed by atoms with Gasteiger partial charge in [-0.05, 0) is 36.3 Å². The first-order valence-electron chi connectivity index (χ1n) is 7.49. The number of rotatable bonds is 4. The van der Waals surface area contributed by atoms with E-state index in [1.54, 1.807) is 0 Å². The molecule has 19 heavy (non-hydrogen) atoms. The van der Waals surface area contributed by atoms with Crippen LogP contribution in [0.15, 0.2) is 18.3 Å². The van der Waals surface area contributed by atoms with Crippen molar-refractivity contribution in [2.75, 3.05) is 0 Å². The average molecular weight is 259 g/mol. The number of hydrogen-bond acceptors (Lipinski definition) is 2. The fourth-order valence-corrected chi connectivity index (χ4v) is 3.16. The maximum atomic E-state index is 12.5. The molecule has 2 rings (SSSR count). The van der Waals surface area contributed by atoms with Crippen LogP contribution in [0.3, 0.4) is 0 Å². The lowest BCUT2D eigenvalue weighted by atomic mass is 9.66. The molecule has 0 bridgehead atoms. The highest BCUT2D eigenvalue weighted by Gasteiger charge is 2.36. The molecule has 2 heteroatoms. The Hall–Kier alpha value is -1.18. The molecule has 0 amide bonds. The first-order chi connectivity index (χ1) is 9.03. The van der Waals surface area contributed by atoms with Crippen LogP contribution in [0.2, 0.25) is 0 Å². The highest BCUT2D eigenvalue weighted by Crippen LogP contribution is 2.41. The number of carbonyl (C=O) groups excluding carboxylic acids is 1. The number of hydrogen-bond donors (Lipinski definition) is 0. The molecule has 104 valence electrons. The normalized spacial score (nSPS) is 22.2. The van der Waals surface area contributed by atoms with Crippen molar-refractivity contribution in [3.8, 4) is 0 Å². The molecule has 1 aromatic rings. The maximum absolute atomic E-state index is 12.5. The molecule has 1 heterocycles. The lowest BCUT2D eigenvalue weighted by molar-refractivity contribution is -0.127. The zero-order valence-corrected chi connectivity index (χ0v) is 12.4. The van der Waals surface area contributed by atoms with Gasteiger partial charge in [0.15, 0.2) is 0 Å². The van der Waals surface area contributed by atoms with Gasteiger partial charge in [-0.1, -0.05) is 39.7 Å². The highest BCUT2D eigenvalue weighted by atomic mass is 16.1. The van der Waals surface area contributed by atoms with E-state index in [1.165, 1.54) is 24.8 Å². The summed E-state index contributed by atoms with van der Waals surface area (Å²) in [6, 6.07) is 4.09. The lowest BCUT2D eigenvalue weighted by Gasteiger charge is -2.37.